The molecule has 0 unspecified atom stereocenters. The second-order valence-electron chi connectivity index (χ2n) is 5.32. The molecule has 22 heavy (non-hydrogen) atoms. The highest BCUT2D eigenvalue weighted by atomic mass is 35.5. The second kappa shape index (κ2) is 6.36. The SMILES string of the molecule is O=C(Nc1cc(F)ccc1N1CCCC1)c1cccc(Cl)c1. The number of anilines is 2. The highest BCUT2D eigenvalue weighted by Crippen LogP contribution is 2.30. The van der Waals surface area contributed by atoms with Gasteiger partial charge in [-0.05, 0) is 49.2 Å². The van der Waals surface area contributed by atoms with E-state index in [0.29, 0.717) is 16.3 Å². The van der Waals surface area contributed by atoms with Gasteiger partial charge in [-0.25, -0.2) is 4.39 Å². The van der Waals surface area contributed by atoms with Crippen LogP contribution in [0.15, 0.2) is 42.5 Å². The van der Waals surface area contributed by atoms with Gasteiger partial charge in [-0.15, -0.1) is 0 Å². The van der Waals surface area contributed by atoms with Gasteiger partial charge in [0.1, 0.15) is 5.82 Å². The van der Waals surface area contributed by atoms with E-state index in [4.69, 9.17) is 11.6 Å². The Kier molecular flexibility index (Phi) is 4.29. The first-order chi connectivity index (χ1) is 10.6. The third-order valence-corrected chi connectivity index (χ3v) is 3.98. The van der Waals surface area contributed by atoms with Gasteiger partial charge in [0.05, 0.1) is 11.4 Å². The van der Waals surface area contributed by atoms with Gasteiger partial charge >= 0.3 is 0 Å². The minimum absolute atomic E-state index is 0.298. The quantitative estimate of drug-likeness (QED) is 0.913. The lowest BCUT2D eigenvalue weighted by molar-refractivity contribution is 0.102. The van der Waals surface area contributed by atoms with E-state index < -0.39 is 0 Å². The molecule has 0 atom stereocenters. The molecule has 114 valence electrons. The lowest BCUT2D eigenvalue weighted by Gasteiger charge is -2.21. The molecule has 0 saturated carbocycles. The Morgan fingerprint density at radius 1 is 1.14 bits per heavy atom. The van der Waals surface area contributed by atoms with Crippen LogP contribution in [0.25, 0.3) is 0 Å². The number of carbonyl (C=O) groups is 1. The number of rotatable bonds is 3. The molecule has 2 aromatic rings. The molecule has 1 aliphatic rings. The molecule has 3 rings (SSSR count). The first kappa shape index (κ1) is 14.9. The third-order valence-electron chi connectivity index (χ3n) is 3.74. The number of amides is 1. The Hall–Kier alpha value is -2.07. The topological polar surface area (TPSA) is 32.3 Å². The molecule has 1 heterocycles. The molecule has 0 aromatic heterocycles. The summed E-state index contributed by atoms with van der Waals surface area (Å²) in [7, 11) is 0. The van der Waals surface area contributed by atoms with Crippen LogP contribution in [-0.4, -0.2) is 19.0 Å². The standard InChI is InChI=1S/C17H16ClFN2O/c18-13-5-3-4-12(10-13)17(22)20-15-11-14(19)6-7-16(15)21-8-1-2-9-21/h3-7,10-11H,1-2,8-9H2,(H,20,22). The van der Waals surface area contributed by atoms with Gasteiger partial charge in [-0.1, -0.05) is 17.7 Å². The van der Waals surface area contributed by atoms with Gasteiger partial charge in [0.25, 0.3) is 5.91 Å². The van der Waals surface area contributed by atoms with Gasteiger partial charge < -0.3 is 10.2 Å². The van der Waals surface area contributed by atoms with Crippen molar-refractivity contribution in [2.24, 2.45) is 0 Å². The Balaban J connectivity index is 1.87. The van der Waals surface area contributed by atoms with E-state index in [1.807, 2.05) is 0 Å². The largest absolute Gasteiger partial charge is 0.370 e. The number of carbonyl (C=O) groups excluding carboxylic acids is 1. The van der Waals surface area contributed by atoms with E-state index in [1.54, 1.807) is 30.3 Å². The minimum atomic E-state index is -0.371. The minimum Gasteiger partial charge on any atom is -0.370 e. The van der Waals surface area contributed by atoms with Crippen LogP contribution < -0.4 is 10.2 Å². The van der Waals surface area contributed by atoms with Gasteiger partial charge in [0, 0.05) is 23.7 Å². The summed E-state index contributed by atoms with van der Waals surface area (Å²) in [4.78, 5) is 14.5. The summed E-state index contributed by atoms with van der Waals surface area (Å²) in [6.07, 6.45) is 2.22. The fraction of sp³-hybridized carbons (Fsp3) is 0.235. The molecule has 0 radical (unpaired) electrons. The van der Waals surface area contributed by atoms with E-state index in [0.717, 1.165) is 31.6 Å². The van der Waals surface area contributed by atoms with Crippen molar-refractivity contribution < 1.29 is 9.18 Å². The number of hydrogen-bond donors (Lipinski definition) is 1. The summed E-state index contributed by atoms with van der Waals surface area (Å²) in [5.74, 6) is -0.669. The first-order valence-corrected chi connectivity index (χ1v) is 7.63. The predicted octanol–water partition coefficient (Wildman–Crippen LogP) is 4.33. The monoisotopic (exact) mass is 318 g/mol. The van der Waals surface area contributed by atoms with Crippen molar-refractivity contribution in [3.05, 3.63) is 58.9 Å². The van der Waals surface area contributed by atoms with Crippen molar-refractivity contribution in [1.82, 2.24) is 0 Å². The van der Waals surface area contributed by atoms with Crippen LogP contribution in [0.3, 0.4) is 0 Å². The number of benzene rings is 2. The van der Waals surface area contributed by atoms with E-state index in [1.165, 1.54) is 12.1 Å². The lowest BCUT2D eigenvalue weighted by atomic mass is 10.2. The Labute approximate surface area is 133 Å². The summed E-state index contributed by atoms with van der Waals surface area (Å²) in [6, 6.07) is 11.2. The van der Waals surface area contributed by atoms with E-state index in [-0.39, 0.29) is 11.7 Å². The summed E-state index contributed by atoms with van der Waals surface area (Å²) in [5.41, 5.74) is 1.80. The zero-order valence-electron chi connectivity index (χ0n) is 12.0. The van der Waals surface area contributed by atoms with Gasteiger partial charge in [0.15, 0.2) is 0 Å². The zero-order valence-corrected chi connectivity index (χ0v) is 12.7. The van der Waals surface area contributed by atoms with Crippen molar-refractivity contribution in [3.8, 4) is 0 Å². The summed E-state index contributed by atoms with van der Waals surface area (Å²) >= 11 is 5.90. The van der Waals surface area contributed by atoms with Crippen molar-refractivity contribution in [2.75, 3.05) is 23.3 Å². The Morgan fingerprint density at radius 3 is 2.64 bits per heavy atom. The number of halogens is 2. The van der Waals surface area contributed by atoms with Crippen LogP contribution in [0, 0.1) is 5.82 Å². The molecule has 1 fully saturated rings. The molecule has 1 N–H and O–H groups in total. The van der Waals surface area contributed by atoms with Crippen LogP contribution in [0.1, 0.15) is 23.2 Å². The molecule has 1 amide bonds. The number of nitrogens with zero attached hydrogens (tertiary/aromatic N) is 1. The van der Waals surface area contributed by atoms with Crippen LogP contribution in [0.2, 0.25) is 5.02 Å². The normalized spacial score (nSPS) is 14.2. The van der Waals surface area contributed by atoms with Crippen molar-refractivity contribution in [1.29, 1.82) is 0 Å². The molecule has 1 saturated heterocycles. The maximum Gasteiger partial charge on any atom is 0.255 e. The predicted molar refractivity (Wildman–Crippen MR) is 87.3 cm³/mol. The molecule has 0 aliphatic carbocycles. The van der Waals surface area contributed by atoms with Gasteiger partial charge in [-0.2, -0.15) is 0 Å². The summed E-state index contributed by atoms with van der Waals surface area (Å²) in [5, 5.41) is 3.28. The third kappa shape index (κ3) is 3.22. The average Bonchev–Trinajstić information content (AvgIpc) is 3.01. The molecule has 3 nitrogen and oxygen atoms in total. The molecule has 1 aliphatic heterocycles. The van der Waals surface area contributed by atoms with Crippen LogP contribution >= 0.6 is 11.6 Å². The number of nitrogens with one attached hydrogen (secondary N) is 1. The smallest absolute Gasteiger partial charge is 0.255 e. The van der Waals surface area contributed by atoms with E-state index >= 15 is 0 Å². The maximum atomic E-state index is 13.6. The summed E-state index contributed by atoms with van der Waals surface area (Å²) in [6.45, 7) is 1.84. The summed E-state index contributed by atoms with van der Waals surface area (Å²) < 4.78 is 13.6. The molecular formula is C17H16ClFN2O. The molecule has 2 aromatic carbocycles. The Morgan fingerprint density at radius 2 is 1.91 bits per heavy atom. The first-order valence-electron chi connectivity index (χ1n) is 7.25. The van der Waals surface area contributed by atoms with E-state index in [2.05, 4.69) is 10.2 Å². The maximum absolute atomic E-state index is 13.6. The fourth-order valence-corrected chi connectivity index (χ4v) is 2.86. The van der Waals surface area contributed by atoms with Gasteiger partial charge in [0.2, 0.25) is 0 Å². The van der Waals surface area contributed by atoms with E-state index in [9.17, 15) is 9.18 Å². The molecule has 0 bridgehead atoms. The fourth-order valence-electron chi connectivity index (χ4n) is 2.67. The highest BCUT2D eigenvalue weighted by molar-refractivity contribution is 6.31. The van der Waals surface area contributed by atoms with Crippen molar-refractivity contribution in [2.45, 2.75) is 12.8 Å². The molecule has 5 heteroatoms. The van der Waals surface area contributed by atoms with Gasteiger partial charge in [-0.3, -0.25) is 4.79 Å². The number of hydrogen-bond acceptors (Lipinski definition) is 2. The highest BCUT2D eigenvalue weighted by Gasteiger charge is 2.18. The molecule has 0 spiro atoms. The van der Waals surface area contributed by atoms with Crippen LogP contribution in [-0.2, 0) is 0 Å². The zero-order chi connectivity index (χ0) is 15.5. The Bertz CT molecular complexity index is 699. The second-order valence-corrected chi connectivity index (χ2v) is 5.76. The van der Waals surface area contributed by atoms with Crippen molar-refractivity contribution in [3.63, 3.8) is 0 Å². The van der Waals surface area contributed by atoms with Crippen molar-refractivity contribution >= 4 is 28.9 Å². The molecular weight excluding hydrogens is 303 g/mol. The lowest BCUT2D eigenvalue weighted by Crippen LogP contribution is -2.21. The van der Waals surface area contributed by atoms with Crippen LogP contribution in [0.5, 0.6) is 0 Å². The van der Waals surface area contributed by atoms with Crippen LogP contribution in [0.4, 0.5) is 15.8 Å². The average molecular weight is 319 g/mol.